The van der Waals surface area contributed by atoms with Crippen molar-refractivity contribution in [1.82, 2.24) is 4.90 Å². The molecule has 1 saturated heterocycles. The van der Waals surface area contributed by atoms with Crippen LogP contribution in [-0.2, 0) is 4.74 Å². The molecule has 2 unspecified atom stereocenters. The minimum absolute atomic E-state index is 0. The van der Waals surface area contributed by atoms with Crippen LogP contribution in [0.4, 0.5) is 8.78 Å². The van der Waals surface area contributed by atoms with Crippen molar-refractivity contribution in [2.75, 3.05) is 32.8 Å². The zero-order valence-electron chi connectivity index (χ0n) is 15.1. The lowest BCUT2D eigenvalue weighted by Gasteiger charge is -2.34. The van der Waals surface area contributed by atoms with E-state index in [1.807, 2.05) is 36.1 Å². The van der Waals surface area contributed by atoms with Crippen LogP contribution in [0.25, 0.3) is 0 Å². The maximum Gasteiger partial charge on any atom is 0.159 e. The van der Waals surface area contributed by atoms with Gasteiger partial charge in [0.15, 0.2) is 11.6 Å². The van der Waals surface area contributed by atoms with Gasteiger partial charge in [-0.1, -0.05) is 24.3 Å². The molecule has 0 aromatic heterocycles. The second kappa shape index (κ2) is 9.99. The lowest BCUT2D eigenvalue weighted by molar-refractivity contribution is -0.0461. The third-order valence-electron chi connectivity index (χ3n) is 4.46. The first kappa shape index (κ1) is 21.6. The number of β-amino-alcohol motifs (C(OH)–C–C–N with tert-alkyl or cyclic N) is 1. The average molecular weight is 400 g/mol. The van der Waals surface area contributed by atoms with Crippen LogP contribution >= 0.6 is 12.4 Å². The normalized spacial score (nSPS) is 18.6. The first-order valence-corrected chi connectivity index (χ1v) is 8.68. The Morgan fingerprint density at radius 1 is 1.22 bits per heavy atom. The van der Waals surface area contributed by atoms with Crippen LogP contribution in [-0.4, -0.2) is 49.0 Å². The van der Waals surface area contributed by atoms with E-state index in [1.54, 1.807) is 0 Å². The van der Waals surface area contributed by atoms with Gasteiger partial charge < -0.3 is 14.6 Å². The fourth-order valence-corrected chi connectivity index (χ4v) is 3.04. The quantitative estimate of drug-likeness (QED) is 0.807. The number of ether oxygens (including phenoxy) is 2. The zero-order valence-corrected chi connectivity index (χ0v) is 15.9. The summed E-state index contributed by atoms with van der Waals surface area (Å²) in [6.45, 7) is 4.21. The molecule has 0 spiro atoms. The molecule has 2 aromatic rings. The third kappa shape index (κ3) is 5.87. The van der Waals surface area contributed by atoms with E-state index in [4.69, 9.17) is 9.47 Å². The third-order valence-corrected chi connectivity index (χ3v) is 4.46. The van der Waals surface area contributed by atoms with Crippen LogP contribution in [0.3, 0.4) is 0 Å². The van der Waals surface area contributed by atoms with Crippen molar-refractivity contribution in [2.24, 2.45) is 0 Å². The van der Waals surface area contributed by atoms with Crippen LogP contribution in [0.5, 0.6) is 5.75 Å². The van der Waals surface area contributed by atoms with Gasteiger partial charge in [0.25, 0.3) is 0 Å². The summed E-state index contributed by atoms with van der Waals surface area (Å²) in [4.78, 5) is 2.04. The topological polar surface area (TPSA) is 41.9 Å². The maximum atomic E-state index is 13.4. The predicted octanol–water partition coefficient (Wildman–Crippen LogP) is 3.51. The largest absolute Gasteiger partial charge is 0.491 e. The molecule has 0 aliphatic carbocycles. The number of hydrogen-bond acceptors (Lipinski definition) is 4. The minimum Gasteiger partial charge on any atom is -0.491 e. The molecule has 3 rings (SSSR count). The van der Waals surface area contributed by atoms with E-state index < -0.39 is 17.7 Å². The molecule has 4 nitrogen and oxygen atoms in total. The Morgan fingerprint density at radius 3 is 2.74 bits per heavy atom. The summed E-state index contributed by atoms with van der Waals surface area (Å²) in [7, 11) is 0. The van der Waals surface area contributed by atoms with E-state index in [0.29, 0.717) is 31.8 Å². The van der Waals surface area contributed by atoms with Crippen molar-refractivity contribution in [1.29, 1.82) is 0 Å². The van der Waals surface area contributed by atoms with Gasteiger partial charge in [-0.15, -0.1) is 12.4 Å². The monoisotopic (exact) mass is 399 g/mol. The van der Waals surface area contributed by atoms with Crippen molar-refractivity contribution in [3.63, 3.8) is 0 Å². The molecule has 27 heavy (non-hydrogen) atoms. The number of para-hydroxylation sites is 1. The van der Waals surface area contributed by atoms with Gasteiger partial charge in [0.05, 0.1) is 12.7 Å². The summed E-state index contributed by atoms with van der Waals surface area (Å²) in [6.07, 6.45) is -0.998. The number of rotatable bonds is 6. The summed E-state index contributed by atoms with van der Waals surface area (Å²) >= 11 is 0. The number of benzene rings is 2. The molecule has 0 radical (unpaired) electrons. The van der Waals surface area contributed by atoms with Crippen molar-refractivity contribution in [3.05, 3.63) is 65.2 Å². The second-order valence-corrected chi connectivity index (χ2v) is 6.52. The summed E-state index contributed by atoms with van der Waals surface area (Å²) in [5, 5.41) is 10.3. The van der Waals surface area contributed by atoms with Crippen molar-refractivity contribution in [2.45, 2.75) is 19.1 Å². The molecule has 2 aromatic carbocycles. The second-order valence-electron chi connectivity index (χ2n) is 6.52. The molecule has 148 valence electrons. The van der Waals surface area contributed by atoms with E-state index in [0.717, 1.165) is 17.4 Å². The predicted molar refractivity (Wildman–Crippen MR) is 101 cm³/mol. The smallest absolute Gasteiger partial charge is 0.159 e. The highest BCUT2D eigenvalue weighted by Gasteiger charge is 2.24. The van der Waals surface area contributed by atoms with Crippen LogP contribution in [0.2, 0.25) is 0 Å². The molecule has 1 N–H and O–H groups in total. The van der Waals surface area contributed by atoms with E-state index in [2.05, 4.69) is 0 Å². The van der Waals surface area contributed by atoms with Crippen LogP contribution in [0.1, 0.15) is 17.2 Å². The van der Waals surface area contributed by atoms with Crippen LogP contribution < -0.4 is 4.74 Å². The Morgan fingerprint density at radius 2 is 2.00 bits per heavy atom. The molecular formula is C20H24ClF2NO3. The minimum atomic E-state index is -0.880. The van der Waals surface area contributed by atoms with Gasteiger partial charge in [-0.25, -0.2) is 8.78 Å². The standard InChI is InChI=1S/C20H23F2NO3.ClH/c1-14-4-2-3-5-19(14)26-13-16(24)11-23-8-9-25-20(12-23)15-6-7-17(21)18(22)10-15;/h2-7,10,16,20,24H,8-9,11-13H2,1H3;1H. The molecule has 0 amide bonds. The molecule has 1 aliphatic rings. The van der Waals surface area contributed by atoms with Gasteiger partial charge in [0.1, 0.15) is 18.5 Å². The highest BCUT2D eigenvalue weighted by molar-refractivity contribution is 5.85. The lowest BCUT2D eigenvalue weighted by atomic mass is 10.1. The Hall–Kier alpha value is -1.73. The van der Waals surface area contributed by atoms with Gasteiger partial charge in [-0.3, -0.25) is 4.90 Å². The SMILES string of the molecule is Cc1ccccc1OCC(O)CN1CCOC(c2ccc(F)c(F)c2)C1.Cl. The summed E-state index contributed by atoms with van der Waals surface area (Å²) in [6, 6.07) is 11.5. The summed E-state index contributed by atoms with van der Waals surface area (Å²) < 4.78 is 37.9. The average Bonchev–Trinajstić information content (AvgIpc) is 2.63. The van der Waals surface area contributed by atoms with E-state index in [1.165, 1.54) is 12.1 Å². The molecule has 0 bridgehead atoms. The van der Waals surface area contributed by atoms with Crippen molar-refractivity contribution < 1.29 is 23.4 Å². The molecule has 1 heterocycles. The highest BCUT2D eigenvalue weighted by atomic mass is 35.5. The van der Waals surface area contributed by atoms with E-state index in [9.17, 15) is 13.9 Å². The zero-order chi connectivity index (χ0) is 18.5. The molecule has 0 saturated carbocycles. The number of nitrogens with zero attached hydrogens (tertiary/aromatic N) is 1. The number of morpholine rings is 1. The number of halogens is 3. The first-order valence-electron chi connectivity index (χ1n) is 8.68. The number of hydrogen-bond donors (Lipinski definition) is 1. The van der Waals surface area contributed by atoms with E-state index >= 15 is 0 Å². The Bertz CT molecular complexity index is 747. The number of aliphatic hydroxyl groups is 1. The van der Waals surface area contributed by atoms with Gasteiger partial charge >= 0.3 is 0 Å². The van der Waals surface area contributed by atoms with E-state index in [-0.39, 0.29) is 25.1 Å². The Labute approximate surface area is 164 Å². The molecule has 7 heteroatoms. The fourth-order valence-electron chi connectivity index (χ4n) is 3.04. The molecule has 1 aliphatic heterocycles. The highest BCUT2D eigenvalue weighted by Crippen LogP contribution is 2.24. The van der Waals surface area contributed by atoms with Gasteiger partial charge in [0.2, 0.25) is 0 Å². The first-order chi connectivity index (χ1) is 12.5. The Kier molecular flexibility index (Phi) is 7.98. The summed E-state index contributed by atoms with van der Waals surface area (Å²) in [5.74, 6) is -0.992. The summed E-state index contributed by atoms with van der Waals surface area (Å²) in [5.41, 5.74) is 1.61. The number of aliphatic hydroxyl groups excluding tert-OH is 1. The lowest BCUT2D eigenvalue weighted by Crippen LogP contribution is -2.43. The fraction of sp³-hybridized carbons (Fsp3) is 0.400. The molecular weight excluding hydrogens is 376 g/mol. The van der Waals surface area contributed by atoms with Gasteiger partial charge in [0, 0.05) is 19.6 Å². The van der Waals surface area contributed by atoms with Crippen LogP contribution in [0, 0.1) is 18.6 Å². The van der Waals surface area contributed by atoms with Gasteiger partial charge in [-0.05, 0) is 36.2 Å². The maximum absolute atomic E-state index is 13.4. The Balaban J connectivity index is 0.00000261. The van der Waals surface area contributed by atoms with Crippen molar-refractivity contribution in [3.8, 4) is 5.75 Å². The van der Waals surface area contributed by atoms with Crippen molar-refractivity contribution >= 4 is 12.4 Å². The molecule has 1 fully saturated rings. The number of aryl methyl sites for hydroxylation is 1. The van der Waals surface area contributed by atoms with Crippen LogP contribution in [0.15, 0.2) is 42.5 Å². The van der Waals surface area contributed by atoms with Gasteiger partial charge in [-0.2, -0.15) is 0 Å². The molecule has 2 atom stereocenters.